The van der Waals surface area contributed by atoms with Crippen LogP contribution < -0.4 is 0 Å². The number of carbonyl (C=O) groups excluding carboxylic acids is 2. The first kappa shape index (κ1) is 20.8. The Morgan fingerprint density at radius 3 is 2.68 bits per heavy atom. The van der Waals surface area contributed by atoms with Crippen molar-refractivity contribution in [3.05, 3.63) is 91.8 Å². The monoisotopic (exact) mass is 458 g/mol. The van der Waals surface area contributed by atoms with E-state index in [1.165, 1.54) is 42.5 Å². The van der Waals surface area contributed by atoms with E-state index < -0.39 is 21.9 Å². The molecular weight excluding hydrogens is 447 g/mol. The number of benzene rings is 2. The van der Waals surface area contributed by atoms with Crippen LogP contribution >= 0.6 is 23.4 Å². The zero-order chi connectivity index (χ0) is 22.1. The summed E-state index contributed by atoms with van der Waals surface area (Å²) < 4.78 is 19.7. The molecule has 0 aliphatic carbocycles. The third-order valence-electron chi connectivity index (χ3n) is 4.49. The van der Waals surface area contributed by atoms with Gasteiger partial charge < -0.3 is 4.42 Å². The first-order chi connectivity index (χ1) is 14.8. The Hall–Kier alpha value is -3.43. The number of carbonyl (C=O) groups is 2. The van der Waals surface area contributed by atoms with Crippen LogP contribution in [0.2, 0.25) is 5.02 Å². The molecule has 2 amide bonds. The quantitative estimate of drug-likeness (QED) is 0.269. The van der Waals surface area contributed by atoms with Gasteiger partial charge in [-0.1, -0.05) is 29.8 Å². The molecule has 0 N–H and O–H groups in total. The second-order valence-electron chi connectivity index (χ2n) is 6.48. The zero-order valence-corrected chi connectivity index (χ0v) is 17.2. The molecule has 2 aromatic carbocycles. The molecule has 0 radical (unpaired) electrons. The number of hydrogen-bond acceptors (Lipinski definition) is 6. The van der Waals surface area contributed by atoms with E-state index in [0.29, 0.717) is 23.1 Å². The SMILES string of the molecule is O=C1S/C(=C\c2ccc(-c3cccc([N+](=O)[O-])c3)o2)C(=O)N1Cc1c(F)cccc1Cl. The van der Waals surface area contributed by atoms with Gasteiger partial charge in [-0.15, -0.1) is 0 Å². The highest BCUT2D eigenvalue weighted by molar-refractivity contribution is 8.18. The summed E-state index contributed by atoms with van der Waals surface area (Å²) >= 11 is 6.70. The van der Waals surface area contributed by atoms with Crippen molar-refractivity contribution in [3.63, 3.8) is 0 Å². The summed E-state index contributed by atoms with van der Waals surface area (Å²) in [5.41, 5.74) is 0.471. The molecule has 0 atom stereocenters. The van der Waals surface area contributed by atoms with Crippen LogP contribution in [0.25, 0.3) is 17.4 Å². The van der Waals surface area contributed by atoms with E-state index in [1.807, 2.05) is 0 Å². The van der Waals surface area contributed by atoms with Gasteiger partial charge in [0, 0.05) is 34.4 Å². The molecule has 4 rings (SSSR count). The van der Waals surface area contributed by atoms with Gasteiger partial charge in [-0.25, -0.2) is 4.39 Å². The second-order valence-corrected chi connectivity index (χ2v) is 7.88. The van der Waals surface area contributed by atoms with E-state index in [1.54, 1.807) is 18.2 Å². The number of halogens is 2. The molecule has 10 heteroatoms. The maximum atomic E-state index is 14.0. The van der Waals surface area contributed by atoms with Crippen LogP contribution in [0.3, 0.4) is 0 Å². The van der Waals surface area contributed by atoms with E-state index in [0.717, 1.165) is 4.90 Å². The van der Waals surface area contributed by atoms with Gasteiger partial charge in [-0.2, -0.15) is 0 Å². The fourth-order valence-electron chi connectivity index (χ4n) is 2.97. The van der Waals surface area contributed by atoms with Crippen molar-refractivity contribution >= 4 is 46.3 Å². The summed E-state index contributed by atoms with van der Waals surface area (Å²) in [4.78, 5) is 36.4. The van der Waals surface area contributed by atoms with Crippen LogP contribution in [-0.4, -0.2) is 21.0 Å². The van der Waals surface area contributed by atoms with E-state index >= 15 is 0 Å². The number of nitro benzene ring substituents is 1. The van der Waals surface area contributed by atoms with Crippen molar-refractivity contribution < 1.29 is 23.3 Å². The number of nitro groups is 1. The molecule has 1 fully saturated rings. The fourth-order valence-corrected chi connectivity index (χ4v) is 4.01. The minimum atomic E-state index is -0.608. The maximum Gasteiger partial charge on any atom is 0.293 e. The van der Waals surface area contributed by atoms with Gasteiger partial charge in [0.2, 0.25) is 0 Å². The molecule has 7 nitrogen and oxygen atoms in total. The number of imide groups is 1. The summed E-state index contributed by atoms with van der Waals surface area (Å²) in [5.74, 6) is -0.547. The van der Waals surface area contributed by atoms with Crippen molar-refractivity contribution in [2.75, 3.05) is 0 Å². The Morgan fingerprint density at radius 1 is 1.16 bits per heavy atom. The Labute approximate surface area is 184 Å². The molecule has 1 saturated heterocycles. The van der Waals surface area contributed by atoms with Gasteiger partial charge in [-0.05, 0) is 36.0 Å². The van der Waals surface area contributed by atoms with Crippen LogP contribution in [0.5, 0.6) is 0 Å². The number of thioether (sulfide) groups is 1. The van der Waals surface area contributed by atoms with Gasteiger partial charge >= 0.3 is 0 Å². The molecule has 0 spiro atoms. The minimum absolute atomic E-state index is 0.0543. The lowest BCUT2D eigenvalue weighted by atomic mass is 10.1. The lowest BCUT2D eigenvalue weighted by molar-refractivity contribution is -0.384. The van der Waals surface area contributed by atoms with Crippen molar-refractivity contribution in [2.45, 2.75) is 6.54 Å². The highest BCUT2D eigenvalue weighted by atomic mass is 35.5. The lowest BCUT2D eigenvalue weighted by Crippen LogP contribution is -2.28. The van der Waals surface area contributed by atoms with Gasteiger partial charge in [0.15, 0.2) is 0 Å². The molecule has 2 heterocycles. The van der Waals surface area contributed by atoms with Crippen molar-refractivity contribution in [1.29, 1.82) is 0 Å². The van der Waals surface area contributed by atoms with Crippen LogP contribution in [0.1, 0.15) is 11.3 Å². The number of hydrogen-bond donors (Lipinski definition) is 0. The molecule has 1 aliphatic rings. The van der Waals surface area contributed by atoms with Crippen LogP contribution in [0.15, 0.2) is 63.9 Å². The summed E-state index contributed by atoms with van der Waals surface area (Å²) in [7, 11) is 0. The largest absolute Gasteiger partial charge is 0.457 e. The molecule has 0 saturated carbocycles. The molecule has 0 bridgehead atoms. The highest BCUT2D eigenvalue weighted by Crippen LogP contribution is 2.35. The Morgan fingerprint density at radius 2 is 1.94 bits per heavy atom. The average molecular weight is 459 g/mol. The van der Waals surface area contributed by atoms with Crippen molar-refractivity contribution in [1.82, 2.24) is 4.90 Å². The molecule has 1 aliphatic heterocycles. The molecule has 0 unspecified atom stereocenters. The Kier molecular flexibility index (Phi) is 5.62. The number of amides is 2. The van der Waals surface area contributed by atoms with Crippen LogP contribution in [0.4, 0.5) is 14.9 Å². The van der Waals surface area contributed by atoms with Gasteiger partial charge in [0.1, 0.15) is 17.3 Å². The third kappa shape index (κ3) is 4.23. The summed E-state index contributed by atoms with van der Waals surface area (Å²) in [6.45, 7) is -0.287. The maximum absolute atomic E-state index is 14.0. The average Bonchev–Trinajstić information content (AvgIpc) is 3.31. The molecule has 1 aromatic heterocycles. The predicted octanol–water partition coefficient (Wildman–Crippen LogP) is 5.88. The van der Waals surface area contributed by atoms with Crippen molar-refractivity contribution in [3.8, 4) is 11.3 Å². The van der Waals surface area contributed by atoms with E-state index in [-0.39, 0.29) is 33.5 Å². The Bertz CT molecular complexity index is 1240. The number of non-ortho nitro benzene ring substituents is 1. The number of furan rings is 1. The van der Waals surface area contributed by atoms with Crippen LogP contribution in [0, 0.1) is 15.9 Å². The number of rotatable bonds is 5. The minimum Gasteiger partial charge on any atom is -0.457 e. The molecule has 3 aromatic rings. The molecule has 31 heavy (non-hydrogen) atoms. The highest BCUT2D eigenvalue weighted by Gasteiger charge is 2.36. The van der Waals surface area contributed by atoms with E-state index in [4.69, 9.17) is 16.0 Å². The summed E-state index contributed by atoms with van der Waals surface area (Å²) in [5, 5.41) is 10.5. The standard InChI is InChI=1S/C21H12ClFN2O5S/c22-16-5-2-6-17(23)15(16)11-24-20(26)19(31-21(24)27)10-14-7-8-18(30-14)12-3-1-4-13(9-12)25(28)29/h1-10H,11H2/b19-10-. The van der Waals surface area contributed by atoms with Gasteiger partial charge in [0.05, 0.1) is 16.4 Å². The summed E-state index contributed by atoms with van der Waals surface area (Å²) in [6, 6.07) is 13.2. The summed E-state index contributed by atoms with van der Waals surface area (Å²) in [6.07, 6.45) is 1.40. The second kappa shape index (κ2) is 8.37. The first-order valence-corrected chi connectivity index (χ1v) is 10.1. The topological polar surface area (TPSA) is 93.7 Å². The van der Waals surface area contributed by atoms with Gasteiger partial charge in [-0.3, -0.25) is 24.6 Å². The Balaban J connectivity index is 1.56. The molecule has 156 valence electrons. The van der Waals surface area contributed by atoms with Gasteiger partial charge in [0.25, 0.3) is 16.8 Å². The third-order valence-corrected chi connectivity index (χ3v) is 5.75. The van der Waals surface area contributed by atoms with Crippen LogP contribution in [-0.2, 0) is 11.3 Å². The predicted molar refractivity (Wildman–Crippen MR) is 114 cm³/mol. The molecular formula is C21H12ClFN2O5S. The first-order valence-electron chi connectivity index (χ1n) is 8.86. The normalized spacial score (nSPS) is 15.2. The number of nitrogens with zero attached hydrogens (tertiary/aromatic N) is 2. The van der Waals surface area contributed by atoms with E-state index in [9.17, 15) is 24.1 Å². The van der Waals surface area contributed by atoms with E-state index in [2.05, 4.69) is 0 Å². The smallest absolute Gasteiger partial charge is 0.293 e. The zero-order valence-electron chi connectivity index (χ0n) is 15.6. The fraction of sp³-hybridized carbons (Fsp3) is 0.0476. The lowest BCUT2D eigenvalue weighted by Gasteiger charge is -2.14. The van der Waals surface area contributed by atoms with Crippen molar-refractivity contribution in [2.24, 2.45) is 0 Å².